The summed E-state index contributed by atoms with van der Waals surface area (Å²) in [6, 6.07) is 10.2. The van der Waals surface area contributed by atoms with Crippen LogP contribution in [0.2, 0.25) is 0 Å². The monoisotopic (exact) mass is 198 g/mol. The van der Waals surface area contributed by atoms with Crippen molar-refractivity contribution in [2.75, 3.05) is 7.11 Å². The molecule has 0 aliphatic rings. The molecule has 2 heteroatoms. The summed E-state index contributed by atoms with van der Waals surface area (Å²) in [6.45, 7) is 0. The van der Waals surface area contributed by atoms with Crippen LogP contribution in [-0.2, 0) is 4.74 Å². The Balaban J connectivity index is 2.75. The Hall–Kier alpha value is -0.262. The Morgan fingerprint density at radius 2 is 1.90 bits per heavy atom. The molecule has 0 aromatic heterocycles. The van der Waals surface area contributed by atoms with Gasteiger partial charge in [-0.2, -0.15) is 0 Å². The number of ether oxygens (including phenoxy) is 1. The van der Waals surface area contributed by atoms with E-state index in [0.717, 1.165) is 0 Å². The van der Waals surface area contributed by atoms with Crippen LogP contribution < -0.4 is 0 Å². The van der Waals surface area contributed by atoms with Crippen LogP contribution >= 0.6 is 0 Å². The second kappa shape index (κ2) is 3.80. The molecule has 0 heterocycles. The number of benzene rings is 1. The summed E-state index contributed by atoms with van der Waals surface area (Å²) in [5.41, 5.74) is 1.25. The van der Waals surface area contributed by atoms with Gasteiger partial charge in [0.1, 0.15) is 0 Å². The van der Waals surface area contributed by atoms with Crippen molar-refractivity contribution < 1.29 is 4.74 Å². The van der Waals surface area contributed by atoms with Crippen LogP contribution in [0.5, 0.6) is 0 Å². The van der Waals surface area contributed by atoms with Gasteiger partial charge < -0.3 is 0 Å². The molecular formula is C8H11AsO. The molecule has 2 unspecified atom stereocenters. The van der Waals surface area contributed by atoms with Gasteiger partial charge in [0.15, 0.2) is 0 Å². The Labute approximate surface area is 69.9 Å². The van der Waals surface area contributed by atoms with Crippen molar-refractivity contribution in [2.24, 2.45) is 0 Å². The average molecular weight is 198 g/mol. The molecule has 0 aliphatic carbocycles. The van der Waals surface area contributed by atoms with Crippen molar-refractivity contribution in [3.8, 4) is 0 Å². The van der Waals surface area contributed by atoms with Crippen LogP contribution in [0.1, 0.15) is 10.5 Å². The first kappa shape index (κ1) is 7.84. The number of rotatable bonds is 2. The van der Waals surface area contributed by atoms with Crippen molar-refractivity contribution in [1.29, 1.82) is 0 Å². The van der Waals surface area contributed by atoms with Gasteiger partial charge in [-0.3, -0.25) is 0 Å². The van der Waals surface area contributed by atoms with Gasteiger partial charge in [-0.15, -0.1) is 0 Å². The summed E-state index contributed by atoms with van der Waals surface area (Å²) < 4.78 is 5.16. The zero-order chi connectivity index (χ0) is 7.40. The van der Waals surface area contributed by atoms with Crippen LogP contribution in [0.3, 0.4) is 0 Å². The summed E-state index contributed by atoms with van der Waals surface area (Å²) in [5, 5.41) is 0. The molecule has 0 spiro atoms. The predicted molar refractivity (Wildman–Crippen MR) is 44.7 cm³/mol. The predicted octanol–water partition coefficient (Wildman–Crippen LogP) is 0.965. The molecule has 0 radical (unpaired) electrons. The topological polar surface area (TPSA) is 9.23 Å². The molecular weight excluding hydrogens is 187 g/mol. The molecule has 0 fully saturated rings. The zero-order valence-corrected chi connectivity index (χ0v) is 8.37. The van der Waals surface area contributed by atoms with Crippen LogP contribution in [0.25, 0.3) is 0 Å². The second-order valence-corrected chi connectivity index (χ2v) is 3.34. The molecule has 1 aromatic rings. The van der Waals surface area contributed by atoms with E-state index in [4.69, 9.17) is 4.74 Å². The fraction of sp³-hybridized carbons (Fsp3) is 0.250. The number of hydrogen-bond donors (Lipinski definition) is 0. The molecule has 0 saturated carbocycles. The average Bonchev–Trinajstić information content (AvgIpc) is 2.05. The molecule has 1 nitrogen and oxygen atoms in total. The van der Waals surface area contributed by atoms with Crippen LogP contribution in [0, 0.1) is 0 Å². The summed E-state index contributed by atoms with van der Waals surface area (Å²) in [5.74, 6) is 0. The first-order valence-electron chi connectivity index (χ1n) is 3.18. The fourth-order valence-electron chi connectivity index (χ4n) is 0.779. The third-order valence-electron chi connectivity index (χ3n) is 1.38. The Bertz CT molecular complexity index is 186. The van der Waals surface area contributed by atoms with Gasteiger partial charge in [-0.05, 0) is 0 Å². The van der Waals surface area contributed by atoms with Gasteiger partial charge in [0.05, 0.1) is 0 Å². The molecule has 0 N–H and O–H groups in total. The third kappa shape index (κ3) is 1.86. The Morgan fingerprint density at radius 1 is 1.30 bits per heavy atom. The zero-order valence-electron chi connectivity index (χ0n) is 5.95. The molecule has 0 bridgehead atoms. The van der Waals surface area contributed by atoms with Crippen molar-refractivity contribution in [3.05, 3.63) is 35.9 Å². The van der Waals surface area contributed by atoms with Gasteiger partial charge in [0.2, 0.25) is 0 Å². The van der Waals surface area contributed by atoms with Crippen LogP contribution in [0.15, 0.2) is 30.3 Å². The van der Waals surface area contributed by atoms with Crippen LogP contribution in [0.4, 0.5) is 0 Å². The number of hydrogen-bond acceptors (Lipinski definition) is 1. The van der Waals surface area contributed by atoms with E-state index in [2.05, 4.69) is 12.1 Å². The number of methoxy groups -OCH3 is 1. The van der Waals surface area contributed by atoms with E-state index < -0.39 is 0 Å². The first-order chi connectivity index (χ1) is 4.84. The molecule has 1 rings (SSSR count). The first-order valence-corrected chi connectivity index (χ1v) is 4.58. The minimum absolute atomic E-state index is 0.272. The standard InChI is InChI=1S/C8H11AsO/c1-10-8(9)7-5-3-2-4-6-7/h2-6,8H,9H2,1H3. The van der Waals surface area contributed by atoms with E-state index in [1.54, 1.807) is 24.0 Å². The second-order valence-electron chi connectivity index (χ2n) is 2.07. The van der Waals surface area contributed by atoms with Gasteiger partial charge in [-0.25, -0.2) is 0 Å². The molecule has 54 valence electrons. The van der Waals surface area contributed by atoms with Crippen molar-refractivity contribution >= 4 is 16.9 Å². The summed E-state index contributed by atoms with van der Waals surface area (Å²) in [7, 11) is 1.74. The van der Waals surface area contributed by atoms with Crippen molar-refractivity contribution in [3.63, 3.8) is 0 Å². The third-order valence-corrected chi connectivity index (χ3v) is 2.76. The van der Waals surface area contributed by atoms with Gasteiger partial charge in [-0.1, -0.05) is 0 Å². The fourth-order valence-corrected chi connectivity index (χ4v) is 1.25. The Morgan fingerprint density at radius 3 is 2.40 bits per heavy atom. The molecule has 2 atom stereocenters. The molecule has 10 heavy (non-hydrogen) atoms. The van der Waals surface area contributed by atoms with Gasteiger partial charge >= 0.3 is 69.5 Å². The van der Waals surface area contributed by atoms with Crippen LogP contribution in [-0.4, -0.2) is 24.0 Å². The quantitative estimate of drug-likeness (QED) is 0.643. The minimum atomic E-state index is 0.272. The summed E-state index contributed by atoms with van der Waals surface area (Å²) in [6.07, 6.45) is 0. The van der Waals surface area contributed by atoms with Gasteiger partial charge in [0.25, 0.3) is 0 Å². The van der Waals surface area contributed by atoms with E-state index in [9.17, 15) is 0 Å². The Kier molecular flexibility index (Phi) is 2.98. The maximum absolute atomic E-state index is 5.16. The normalized spacial score (nSPS) is 13.0. The van der Waals surface area contributed by atoms with E-state index in [1.807, 2.05) is 18.2 Å². The van der Waals surface area contributed by atoms with E-state index in [-0.39, 0.29) is 4.89 Å². The SMILES string of the molecule is COC([AsH2])c1ccccc1. The summed E-state index contributed by atoms with van der Waals surface area (Å²) in [4.78, 5) is 0.272. The maximum atomic E-state index is 5.16. The van der Waals surface area contributed by atoms with Gasteiger partial charge in [0, 0.05) is 0 Å². The molecule has 1 aromatic carbocycles. The summed E-state index contributed by atoms with van der Waals surface area (Å²) >= 11 is 1.60. The molecule has 0 saturated heterocycles. The molecule has 0 aliphatic heterocycles. The van der Waals surface area contributed by atoms with E-state index in [1.165, 1.54) is 5.56 Å². The van der Waals surface area contributed by atoms with Crippen molar-refractivity contribution in [1.82, 2.24) is 0 Å². The van der Waals surface area contributed by atoms with E-state index >= 15 is 0 Å². The van der Waals surface area contributed by atoms with E-state index in [0.29, 0.717) is 0 Å². The molecule has 0 amide bonds. The van der Waals surface area contributed by atoms with Crippen molar-refractivity contribution in [2.45, 2.75) is 4.89 Å².